The number of nitrogens with zero attached hydrogens (tertiary/aromatic N) is 3. The molecule has 8 heteroatoms. The number of hydrogen-bond donors (Lipinski definition) is 1. The van der Waals surface area contributed by atoms with Crippen LogP contribution >= 0.6 is 0 Å². The molecular formula is C19H28N4O3S. The number of amides is 1. The molecule has 3 rings (SSSR count). The van der Waals surface area contributed by atoms with Crippen LogP contribution in [0.3, 0.4) is 0 Å². The summed E-state index contributed by atoms with van der Waals surface area (Å²) in [6.45, 7) is 7.50. The Labute approximate surface area is 160 Å². The zero-order valence-electron chi connectivity index (χ0n) is 16.2. The average molecular weight is 393 g/mol. The van der Waals surface area contributed by atoms with E-state index in [1.165, 1.54) is 0 Å². The van der Waals surface area contributed by atoms with E-state index in [0.29, 0.717) is 31.6 Å². The fourth-order valence-corrected chi connectivity index (χ4v) is 4.88. The molecule has 148 valence electrons. The summed E-state index contributed by atoms with van der Waals surface area (Å²) in [7, 11) is -3.47. The number of imidazole rings is 1. The van der Waals surface area contributed by atoms with Crippen LogP contribution in [-0.4, -0.2) is 46.8 Å². The fourth-order valence-electron chi connectivity index (χ4n) is 3.34. The van der Waals surface area contributed by atoms with Crippen molar-refractivity contribution in [2.24, 2.45) is 0 Å². The standard InChI is InChI=1S/C19H28N4O3S/c1-19(2,3)21-18(24)9-12-22-14-20-16-13-15(7-8-17(16)22)27(25,26)23-10-5-4-6-11-23/h7-8,13-14H,4-6,9-12H2,1-3H3,(H,21,24). The highest BCUT2D eigenvalue weighted by molar-refractivity contribution is 7.89. The lowest BCUT2D eigenvalue weighted by atomic mass is 10.1. The van der Waals surface area contributed by atoms with E-state index in [1.54, 1.807) is 28.8 Å². The Hall–Kier alpha value is -1.93. The molecule has 0 spiro atoms. The predicted molar refractivity (Wildman–Crippen MR) is 105 cm³/mol. The van der Waals surface area contributed by atoms with E-state index in [2.05, 4.69) is 10.3 Å². The molecule has 0 bridgehead atoms. The van der Waals surface area contributed by atoms with Crippen molar-refractivity contribution < 1.29 is 13.2 Å². The highest BCUT2D eigenvalue weighted by Crippen LogP contribution is 2.24. The fraction of sp³-hybridized carbons (Fsp3) is 0.579. The lowest BCUT2D eigenvalue weighted by Crippen LogP contribution is -2.40. The number of nitrogens with one attached hydrogen (secondary N) is 1. The molecule has 27 heavy (non-hydrogen) atoms. The van der Waals surface area contributed by atoms with Gasteiger partial charge in [-0.1, -0.05) is 6.42 Å². The maximum atomic E-state index is 12.8. The van der Waals surface area contributed by atoms with E-state index >= 15 is 0 Å². The van der Waals surface area contributed by atoms with Crippen molar-refractivity contribution in [3.05, 3.63) is 24.5 Å². The van der Waals surface area contributed by atoms with Crippen molar-refractivity contribution in [2.75, 3.05) is 13.1 Å². The lowest BCUT2D eigenvalue weighted by Gasteiger charge is -2.25. The number of piperidine rings is 1. The molecule has 1 aromatic heterocycles. The summed E-state index contributed by atoms with van der Waals surface area (Å²) < 4.78 is 29.1. The van der Waals surface area contributed by atoms with Gasteiger partial charge in [0.15, 0.2) is 0 Å². The van der Waals surface area contributed by atoms with Crippen molar-refractivity contribution in [2.45, 2.75) is 63.4 Å². The van der Waals surface area contributed by atoms with Crippen LogP contribution in [0.2, 0.25) is 0 Å². The van der Waals surface area contributed by atoms with Crippen LogP contribution in [0.5, 0.6) is 0 Å². The first-order valence-corrected chi connectivity index (χ1v) is 10.9. The van der Waals surface area contributed by atoms with Crippen LogP contribution in [0, 0.1) is 0 Å². The quantitative estimate of drug-likeness (QED) is 0.847. The summed E-state index contributed by atoms with van der Waals surface area (Å²) in [4.78, 5) is 16.6. The van der Waals surface area contributed by atoms with Crippen LogP contribution < -0.4 is 5.32 Å². The predicted octanol–water partition coefficient (Wildman–Crippen LogP) is 2.52. The van der Waals surface area contributed by atoms with E-state index in [0.717, 1.165) is 24.8 Å². The Bertz CT molecular complexity index is 922. The van der Waals surface area contributed by atoms with Crippen molar-refractivity contribution >= 4 is 27.0 Å². The van der Waals surface area contributed by atoms with E-state index in [-0.39, 0.29) is 16.3 Å². The van der Waals surface area contributed by atoms with Gasteiger partial charge in [0.2, 0.25) is 15.9 Å². The zero-order chi connectivity index (χ0) is 19.7. The molecule has 1 saturated heterocycles. The normalized spacial score (nSPS) is 16.6. The second-order valence-electron chi connectivity index (χ2n) is 8.10. The summed E-state index contributed by atoms with van der Waals surface area (Å²) in [5.41, 5.74) is 1.20. The lowest BCUT2D eigenvalue weighted by molar-refractivity contribution is -0.122. The molecule has 1 aromatic carbocycles. The number of carbonyl (C=O) groups excluding carboxylic acids is 1. The minimum atomic E-state index is -3.47. The van der Waals surface area contributed by atoms with Crippen molar-refractivity contribution in [1.82, 2.24) is 19.2 Å². The molecule has 1 aliphatic rings. The zero-order valence-corrected chi connectivity index (χ0v) is 17.1. The molecule has 2 heterocycles. The number of benzene rings is 1. The molecule has 7 nitrogen and oxygen atoms in total. The SMILES string of the molecule is CC(C)(C)NC(=O)CCn1cnc2cc(S(=O)(=O)N3CCCCC3)ccc21. The Morgan fingerprint density at radius 2 is 1.89 bits per heavy atom. The monoisotopic (exact) mass is 392 g/mol. The van der Waals surface area contributed by atoms with E-state index in [1.807, 2.05) is 25.3 Å². The van der Waals surface area contributed by atoms with Gasteiger partial charge in [-0.2, -0.15) is 4.31 Å². The van der Waals surface area contributed by atoms with E-state index in [4.69, 9.17) is 0 Å². The maximum Gasteiger partial charge on any atom is 0.243 e. The topological polar surface area (TPSA) is 84.3 Å². The Kier molecular flexibility index (Phi) is 5.58. The second kappa shape index (κ2) is 7.59. The summed E-state index contributed by atoms with van der Waals surface area (Å²) in [5, 5.41) is 2.94. The van der Waals surface area contributed by atoms with Gasteiger partial charge in [-0.3, -0.25) is 4.79 Å². The Morgan fingerprint density at radius 1 is 1.19 bits per heavy atom. The number of carbonyl (C=O) groups is 1. The Morgan fingerprint density at radius 3 is 2.56 bits per heavy atom. The summed E-state index contributed by atoms with van der Waals surface area (Å²) in [6, 6.07) is 5.05. The number of rotatable bonds is 5. The van der Waals surface area contributed by atoms with Crippen LogP contribution in [-0.2, 0) is 21.4 Å². The largest absolute Gasteiger partial charge is 0.351 e. The molecule has 0 radical (unpaired) electrons. The van der Waals surface area contributed by atoms with E-state index in [9.17, 15) is 13.2 Å². The molecule has 1 aliphatic heterocycles. The number of hydrogen-bond acceptors (Lipinski definition) is 4. The molecule has 1 N–H and O–H groups in total. The third-order valence-corrected chi connectivity index (χ3v) is 6.53. The molecular weight excluding hydrogens is 364 g/mol. The first-order valence-electron chi connectivity index (χ1n) is 9.43. The molecule has 0 saturated carbocycles. The Balaban J connectivity index is 1.75. The van der Waals surface area contributed by atoms with Gasteiger partial charge in [-0.25, -0.2) is 13.4 Å². The van der Waals surface area contributed by atoms with Crippen molar-refractivity contribution in [3.63, 3.8) is 0 Å². The molecule has 2 aromatic rings. The maximum absolute atomic E-state index is 12.8. The third-order valence-electron chi connectivity index (χ3n) is 4.64. The minimum Gasteiger partial charge on any atom is -0.351 e. The highest BCUT2D eigenvalue weighted by Gasteiger charge is 2.26. The highest BCUT2D eigenvalue weighted by atomic mass is 32.2. The second-order valence-corrected chi connectivity index (χ2v) is 10.0. The van der Waals surface area contributed by atoms with Gasteiger partial charge in [0.05, 0.1) is 22.3 Å². The van der Waals surface area contributed by atoms with Crippen molar-refractivity contribution in [1.29, 1.82) is 0 Å². The van der Waals surface area contributed by atoms with Crippen LogP contribution in [0.4, 0.5) is 0 Å². The number of sulfonamides is 1. The molecule has 1 amide bonds. The number of aromatic nitrogens is 2. The average Bonchev–Trinajstić information content (AvgIpc) is 3.01. The van der Waals surface area contributed by atoms with E-state index < -0.39 is 10.0 Å². The summed E-state index contributed by atoms with van der Waals surface area (Å²) in [5.74, 6) is -0.0198. The van der Waals surface area contributed by atoms with Gasteiger partial charge >= 0.3 is 0 Å². The molecule has 0 aliphatic carbocycles. The van der Waals surface area contributed by atoms with Crippen molar-refractivity contribution in [3.8, 4) is 0 Å². The third kappa shape index (κ3) is 4.68. The smallest absolute Gasteiger partial charge is 0.243 e. The van der Waals surface area contributed by atoms with Crippen LogP contribution in [0.1, 0.15) is 46.5 Å². The van der Waals surface area contributed by atoms with Crippen LogP contribution in [0.15, 0.2) is 29.4 Å². The first kappa shape index (κ1) is 19.8. The van der Waals surface area contributed by atoms with Gasteiger partial charge in [-0.05, 0) is 51.8 Å². The van der Waals surface area contributed by atoms with Gasteiger partial charge in [-0.15, -0.1) is 0 Å². The molecule has 1 fully saturated rings. The first-order chi connectivity index (χ1) is 12.7. The number of fused-ring (bicyclic) bond motifs is 1. The minimum absolute atomic E-state index is 0.0198. The van der Waals surface area contributed by atoms with Gasteiger partial charge in [0, 0.05) is 31.6 Å². The van der Waals surface area contributed by atoms with Gasteiger partial charge in [0.1, 0.15) is 0 Å². The van der Waals surface area contributed by atoms with Gasteiger partial charge < -0.3 is 9.88 Å². The summed E-state index contributed by atoms with van der Waals surface area (Å²) >= 11 is 0. The molecule has 0 atom stereocenters. The van der Waals surface area contributed by atoms with Crippen LogP contribution in [0.25, 0.3) is 11.0 Å². The molecule has 0 unspecified atom stereocenters. The van der Waals surface area contributed by atoms with Gasteiger partial charge in [0.25, 0.3) is 0 Å². The number of aryl methyl sites for hydroxylation is 1. The summed E-state index contributed by atoms with van der Waals surface area (Å²) in [6.07, 6.45) is 4.90.